The summed E-state index contributed by atoms with van der Waals surface area (Å²) in [6.07, 6.45) is 0. The van der Waals surface area contributed by atoms with E-state index in [1.807, 2.05) is 97.1 Å². The molecular formula is C54H63Cl6N7O3. The molecule has 0 fully saturated rings. The largest absolute Gasteiger partial charge is 0.497 e. The Balaban J connectivity index is 0.000000229. The third-order valence-electron chi connectivity index (χ3n) is 11.5. The van der Waals surface area contributed by atoms with E-state index < -0.39 is 7.59 Å². The van der Waals surface area contributed by atoms with Crippen molar-refractivity contribution in [2.45, 2.75) is 63.0 Å². The van der Waals surface area contributed by atoms with Crippen LogP contribution in [0.5, 0.6) is 5.75 Å². The summed E-state index contributed by atoms with van der Waals surface area (Å²) in [4.78, 5) is 46.5. The Bertz CT molecular complexity index is 2250. The average molecular weight is 1070 g/mol. The second kappa shape index (κ2) is 27.7. The molecule has 374 valence electrons. The maximum absolute atomic E-state index is 12.7. The number of ketones is 2. The van der Waals surface area contributed by atoms with Crippen molar-refractivity contribution in [3.8, 4) is 17.1 Å². The summed E-state index contributed by atoms with van der Waals surface area (Å²) < 4.78 is 1.32. The second-order valence-electron chi connectivity index (χ2n) is 15.6. The van der Waals surface area contributed by atoms with Gasteiger partial charge in [0.15, 0.2) is 29.0 Å². The summed E-state index contributed by atoms with van der Waals surface area (Å²) in [5.74, 6) is 0.750. The van der Waals surface area contributed by atoms with Gasteiger partial charge in [0.05, 0.1) is 7.11 Å². The first-order valence-electron chi connectivity index (χ1n) is 23.4. The van der Waals surface area contributed by atoms with Crippen LogP contribution < -0.4 is 24.3 Å². The molecule has 5 aromatic carbocycles. The summed E-state index contributed by atoms with van der Waals surface area (Å²) >= 11 is 34.9. The van der Waals surface area contributed by atoms with E-state index >= 15 is 0 Å². The molecular weight excluding hydrogens is 1010 g/mol. The lowest BCUT2D eigenvalue weighted by atomic mass is 10.0. The smallest absolute Gasteiger partial charge is 0.250 e. The molecule has 0 saturated carbocycles. The molecule has 16 heteroatoms. The molecule has 0 spiro atoms. The van der Waals surface area contributed by atoms with Gasteiger partial charge < -0.3 is 24.3 Å². The number of methoxy groups -OCH3 is 1. The monoisotopic (exact) mass is 1070 g/mol. The fourth-order valence-corrected chi connectivity index (χ4v) is 7.99. The van der Waals surface area contributed by atoms with Crippen LogP contribution in [0.25, 0.3) is 11.4 Å². The quantitative estimate of drug-likeness (QED) is 0.0612. The number of hydrogen-bond acceptors (Lipinski definition) is 10. The number of hydrogen-bond donors (Lipinski definition) is 0. The Kier molecular flexibility index (Phi) is 22.9. The van der Waals surface area contributed by atoms with E-state index in [9.17, 15) is 9.59 Å². The van der Waals surface area contributed by atoms with E-state index in [2.05, 4.69) is 89.9 Å². The van der Waals surface area contributed by atoms with Crippen molar-refractivity contribution in [1.82, 2.24) is 15.0 Å². The summed E-state index contributed by atoms with van der Waals surface area (Å²) in [6.45, 7) is 24.9. The van der Waals surface area contributed by atoms with E-state index in [1.54, 1.807) is 31.4 Å². The predicted molar refractivity (Wildman–Crippen MR) is 297 cm³/mol. The van der Waals surface area contributed by atoms with Crippen molar-refractivity contribution in [1.29, 1.82) is 0 Å². The minimum absolute atomic E-state index is 0.0761. The zero-order valence-electron chi connectivity index (χ0n) is 41.3. The number of ether oxygens (including phenoxy) is 1. The Morgan fingerprint density at radius 3 is 0.843 bits per heavy atom. The predicted octanol–water partition coefficient (Wildman–Crippen LogP) is 14.4. The maximum atomic E-state index is 12.7. The van der Waals surface area contributed by atoms with Gasteiger partial charge in [0, 0.05) is 103 Å². The fraction of sp³-hybridized carbons (Fsp3) is 0.352. The lowest BCUT2D eigenvalue weighted by Crippen LogP contribution is -2.22. The molecule has 0 N–H and O–H groups in total. The van der Waals surface area contributed by atoms with E-state index in [-0.39, 0.29) is 29.0 Å². The summed E-state index contributed by atoms with van der Waals surface area (Å²) in [6, 6.07) is 38.5. The molecule has 0 amide bonds. The molecule has 10 nitrogen and oxygen atoms in total. The first-order chi connectivity index (χ1) is 33.4. The van der Waals surface area contributed by atoms with Crippen LogP contribution in [0, 0.1) is 0 Å². The number of nitrogens with zero attached hydrogens (tertiary/aromatic N) is 7. The van der Waals surface area contributed by atoms with Gasteiger partial charge >= 0.3 is 0 Å². The highest BCUT2D eigenvalue weighted by molar-refractivity contribution is 6.67. The Hall–Kier alpha value is -4.81. The van der Waals surface area contributed by atoms with Crippen LogP contribution in [0.15, 0.2) is 121 Å². The normalized spacial score (nSPS) is 11.1. The highest BCUT2D eigenvalue weighted by Crippen LogP contribution is 2.41. The van der Waals surface area contributed by atoms with Gasteiger partial charge in [0.25, 0.3) is 0 Å². The number of halogens is 6. The highest BCUT2D eigenvalue weighted by Gasteiger charge is 2.34. The molecule has 0 unspecified atom stereocenters. The second-order valence-corrected chi connectivity index (χ2v) is 20.1. The number of rotatable bonds is 18. The summed E-state index contributed by atoms with van der Waals surface area (Å²) in [7, 11) is 1.56. The maximum Gasteiger partial charge on any atom is 0.250 e. The standard InChI is InChI=1S/2C21H28N2O.C12H7Cl6N3O/c2*1-5-22(6-2)19-13-9-17(10-14-19)21(24)18-11-15-20(16-12-18)23(7-3)8-4;1-22-7-4-2-6(3-5-7)8-19-9(11(13,14)15)21-10(20-8)12(16,17)18/h2*9-16H,5-8H2,1-4H3;2-5H,1H3. The van der Waals surface area contributed by atoms with Crippen molar-refractivity contribution in [2.75, 3.05) is 79.1 Å². The lowest BCUT2D eigenvalue weighted by molar-refractivity contribution is 0.103. The number of carbonyl (C=O) groups excluding carboxylic acids is 2. The number of carbonyl (C=O) groups is 2. The first-order valence-corrected chi connectivity index (χ1v) is 25.7. The molecule has 0 atom stereocenters. The van der Waals surface area contributed by atoms with Crippen LogP contribution in [0.2, 0.25) is 0 Å². The molecule has 0 bridgehead atoms. The summed E-state index contributed by atoms with van der Waals surface area (Å²) in [5.41, 5.74) is 8.21. The van der Waals surface area contributed by atoms with Gasteiger partial charge in [0.1, 0.15) is 5.75 Å². The lowest BCUT2D eigenvalue weighted by Gasteiger charge is -2.21. The topological polar surface area (TPSA) is 95.0 Å². The van der Waals surface area contributed by atoms with Gasteiger partial charge in [-0.05, 0) is 177 Å². The highest BCUT2D eigenvalue weighted by atomic mass is 35.6. The van der Waals surface area contributed by atoms with Crippen molar-refractivity contribution in [3.63, 3.8) is 0 Å². The van der Waals surface area contributed by atoms with Gasteiger partial charge in [-0.25, -0.2) is 15.0 Å². The molecule has 0 aliphatic carbocycles. The number of aromatic nitrogens is 3. The number of alkyl halides is 6. The zero-order valence-corrected chi connectivity index (χ0v) is 45.9. The Morgan fingerprint density at radius 1 is 0.400 bits per heavy atom. The van der Waals surface area contributed by atoms with E-state index in [0.29, 0.717) is 11.3 Å². The molecule has 0 aliphatic rings. The van der Waals surface area contributed by atoms with Gasteiger partial charge in [-0.1, -0.05) is 69.6 Å². The van der Waals surface area contributed by atoms with Crippen LogP contribution in [-0.2, 0) is 7.59 Å². The van der Waals surface area contributed by atoms with E-state index in [4.69, 9.17) is 74.3 Å². The molecule has 6 rings (SSSR count). The van der Waals surface area contributed by atoms with Gasteiger partial charge in [0.2, 0.25) is 7.59 Å². The van der Waals surface area contributed by atoms with Crippen LogP contribution in [0.3, 0.4) is 0 Å². The van der Waals surface area contributed by atoms with Crippen LogP contribution >= 0.6 is 69.6 Å². The van der Waals surface area contributed by atoms with Gasteiger partial charge in [-0.3, -0.25) is 9.59 Å². The molecule has 0 radical (unpaired) electrons. The van der Waals surface area contributed by atoms with Crippen LogP contribution in [0.4, 0.5) is 22.7 Å². The van der Waals surface area contributed by atoms with Crippen LogP contribution in [0.1, 0.15) is 98.9 Å². The summed E-state index contributed by atoms with van der Waals surface area (Å²) in [5, 5.41) is 0. The van der Waals surface area contributed by atoms with E-state index in [0.717, 1.165) is 97.4 Å². The van der Waals surface area contributed by atoms with Crippen molar-refractivity contribution < 1.29 is 14.3 Å². The fourth-order valence-electron chi connectivity index (χ4n) is 7.48. The van der Waals surface area contributed by atoms with Gasteiger partial charge in [-0.2, -0.15) is 0 Å². The SMILES string of the molecule is CCN(CC)c1ccc(C(=O)c2ccc(N(CC)CC)cc2)cc1.CCN(CC)c1ccc(C(=O)c2ccc(N(CC)CC)cc2)cc1.COc1ccc(-c2nc(C(Cl)(Cl)Cl)nc(C(Cl)(Cl)Cl)n2)cc1. The minimum Gasteiger partial charge on any atom is -0.497 e. The van der Waals surface area contributed by atoms with Crippen molar-refractivity contribution in [3.05, 3.63) is 155 Å². The molecule has 0 aliphatic heterocycles. The Labute approximate surface area is 444 Å². The van der Waals surface area contributed by atoms with Crippen molar-refractivity contribution >= 4 is 104 Å². The first kappa shape index (κ1) is 57.8. The molecule has 0 saturated heterocycles. The number of anilines is 4. The molecule has 70 heavy (non-hydrogen) atoms. The van der Waals surface area contributed by atoms with Gasteiger partial charge in [-0.15, -0.1) is 0 Å². The molecule has 1 aromatic heterocycles. The Morgan fingerprint density at radius 2 is 0.643 bits per heavy atom. The average Bonchev–Trinajstić information content (AvgIpc) is 3.38. The van der Waals surface area contributed by atoms with E-state index in [1.165, 1.54) is 0 Å². The third kappa shape index (κ3) is 16.1. The number of benzene rings is 5. The molecule has 6 aromatic rings. The minimum atomic E-state index is -1.88. The third-order valence-corrected chi connectivity index (χ3v) is 12.5. The molecule has 1 heterocycles. The van der Waals surface area contributed by atoms with Crippen LogP contribution in [-0.4, -0.2) is 86.0 Å². The van der Waals surface area contributed by atoms with Crippen molar-refractivity contribution in [2.24, 2.45) is 0 Å². The zero-order chi connectivity index (χ0) is 51.6.